The van der Waals surface area contributed by atoms with Gasteiger partial charge in [-0.25, -0.2) is 19.9 Å². The Bertz CT molecular complexity index is 7760. The zero-order valence-corrected chi connectivity index (χ0v) is 68.5. The Kier molecular flexibility index (Phi) is 18.9. The number of benzene rings is 18. The van der Waals surface area contributed by atoms with E-state index in [1.807, 2.05) is 108 Å². The molecule has 0 amide bonds. The maximum atomic E-state index is 6.59. The summed E-state index contributed by atoms with van der Waals surface area (Å²) in [4.78, 5) is 28.8. The monoisotopic (exact) mass is 1600 g/mol. The Morgan fingerprint density at radius 2 is 0.525 bits per heavy atom. The SMILES string of the molecule is CC1(C)OB(c2cccc3c4ccccc4c4ccc(-c5ccc6sc7ccccc7c6c5)cc4c23)OC1(C)C.Clc1nc(-c2ccccc2)nc(-c2cccc(-c3ccccc3)c2)n1.c1ccc(-c2cccc(-c3nc(-c4ccccc4)nc(-c4cccc5c6ccccc6c6ccc(-c7ccc8sc9ccccc9c8c7)cc6c45)n3)c2)cc1. The molecule has 1 saturated heterocycles. The first kappa shape index (κ1) is 73.8. The van der Waals surface area contributed by atoms with Gasteiger partial charge in [0.05, 0.1) is 11.2 Å². The van der Waals surface area contributed by atoms with Crippen LogP contribution < -0.4 is 5.46 Å². The molecule has 18 aromatic carbocycles. The van der Waals surface area contributed by atoms with E-state index in [0.717, 1.165) is 60.9 Å². The summed E-state index contributed by atoms with van der Waals surface area (Å²) in [7, 11) is -0.435. The molecular weight excluding hydrogens is 1520 g/mol. The second-order valence-electron chi connectivity index (χ2n) is 31.5. The summed E-state index contributed by atoms with van der Waals surface area (Å²) in [6.45, 7) is 8.48. The van der Waals surface area contributed by atoms with Gasteiger partial charge in [0, 0.05) is 73.5 Å². The van der Waals surface area contributed by atoms with Crippen molar-refractivity contribution in [3.63, 3.8) is 0 Å². The first-order valence-electron chi connectivity index (χ1n) is 40.4. The lowest BCUT2D eigenvalue weighted by molar-refractivity contribution is 0.00578. The molecule has 12 heteroatoms. The normalized spacial score (nSPS) is 13.1. The van der Waals surface area contributed by atoms with Crippen LogP contribution in [0.1, 0.15) is 27.7 Å². The summed E-state index contributed by atoms with van der Waals surface area (Å²) < 4.78 is 18.5. The summed E-state index contributed by atoms with van der Waals surface area (Å²) in [5, 5.41) is 20.0. The number of nitrogens with zero attached hydrogens (tertiary/aromatic N) is 6. The Balaban J connectivity index is 0.000000120. The van der Waals surface area contributed by atoms with Gasteiger partial charge >= 0.3 is 7.12 Å². The van der Waals surface area contributed by atoms with Crippen molar-refractivity contribution in [2.45, 2.75) is 38.9 Å². The van der Waals surface area contributed by atoms with Crippen molar-refractivity contribution in [1.82, 2.24) is 29.9 Å². The summed E-state index contributed by atoms with van der Waals surface area (Å²) in [5.74, 6) is 3.07. The molecule has 570 valence electrons. The molecule has 1 aliphatic heterocycles. The lowest BCUT2D eigenvalue weighted by Crippen LogP contribution is -2.41. The van der Waals surface area contributed by atoms with Crippen LogP contribution in [0.4, 0.5) is 0 Å². The fraction of sp³-hybridized carbons (Fsp3) is 0.0556. The molecule has 8 nitrogen and oxygen atoms in total. The Morgan fingerprint density at radius 1 is 0.225 bits per heavy atom. The van der Waals surface area contributed by atoms with E-state index >= 15 is 0 Å². The van der Waals surface area contributed by atoms with Crippen LogP contribution in [0.3, 0.4) is 0 Å². The van der Waals surface area contributed by atoms with E-state index in [-0.39, 0.29) is 5.28 Å². The third-order valence-corrected chi connectivity index (χ3v) is 26.2. The highest BCUT2D eigenvalue weighted by Crippen LogP contribution is 2.46. The van der Waals surface area contributed by atoms with Crippen molar-refractivity contribution in [1.29, 1.82) is 0 Å². The number of hydrogen-bond donors (Lipinski definition) is 0. The number of fused-ring (bicyclic) bond motifs is 18. The lowest BCUT2D eigenvalue weighted by atomic mass is 9.74. The number of halogens is 1. The average molecular weight is 1600 g/mol. The molecular formula is C108H74BClN6O2S2. The summed E-state index contributed by atoms with van der Waals surface area (Å²) in [6, 6.07) is 133. The number of rotatable bonds is 10. The maximum Gasteiger partial charge on any atom is 0.495 e. The zero-order chi connectivity index (χ0) is 80.6. The van der Waals surface area contributed by atoms with E-state index in [2.05, 4.69) is 334 Å². The highest BCUT2D eigenvalue weighted by molar-refractivity contribution is 7.26. The molecule has 22 aromatic rings. The van der Waals surface area contributed by atoms with Crippen molar-refractivity contribution in [3.8, 4) is 101 Å². The fourth-order valence-corrected chi connectivity index (χ4v) is 19.4. The minimum Gasteiger partial charge on any atom is -0.399 e. The zero-order valence-electron chi connectivity index (χ0n) is 66.1. The molecule has 1 fully saturated rings. The summed E-state index contributed by atoms with van der Waals surface area (Å²) in [5.41, 5.74) is 14.3. The van der Waals surface area contributed by atoms with E-state index in [1.54, 1.807) is 0 Å². The molecule has 5 heterocycles. The number of thiophene rings is 2. The van der Waals surface area contributed by atoms with Crippen LogP contribution in [0.25, 0.3) is 206 Å². The number of hydrogen-bond acceptors (Lipinski definition) is 10. The molecule has 0 aliphatic carbocycles. The highest BCUT2D eigenvalue weighted by Gasteiger charge is 2.52. The molecule has 1 aliphatic rings. The van der Waals surface area contributed by atoms with Gasteiger partial charge in [-0.2, -0.15) is 9.97 Å². The second-order valence-corrected chi connectivity index (χ2v) is 34.0. The van der Waals surface area contributed by atoms with E-state index < -0.39 is 18.3 Å². The lowest BCUT2D eigenvalue weighted by Gasteiger charge is -2.32. The largest absolute Gasteiger partial charge is 0.495 e. The van der Waals surface area contributed by atoms with Gasteiger partial charge in [-0.15, -0.1) is 22.7 Å². The van der Waals surface area contributed by atoms with Gasteiger partial charge < -0.3 is 9.31 Å². The van der Waals surface area contributed by atoms with Gasteiger partial charge in [0.2, 0.25) is 5.28 Å². The van der Waals surface area contributed by atoms with Gasteiger partial charge in [-0.1, -0.05) is 315 Å². The van der Waals surface area contributed by atoms with Crippen molar-refractivity contribution in [2.75, 3.05) is 0 Å². The molecule has 0 atom stereocenters. The second kappa shape index (κ2) is 30.6. The molecule has 23 rings (SSSR count). The standard InChI is InChI=1S/C51H31N3S.C36H29BO2S.C21H14ClN3/c1-3-13-32(14-4-1)34-17-11-18-37(29-34)50-52-49(33-15-5-2-6-16-33)53-51(54-50)43-23-12-22-42-39-20-8-7-19-38(39)40-27-25-35(31-45(40)48(42)43)36-26-28-47-44(30-36)41-21-9-10-24-46(41)55-47;1-35(2)36(3,4)39-37(38-35)31-14-9-13-28-25-11-6-5-10-24(25)26-18-16-22(21-30(26)34(28)31)23-17-19-33-29(20-23)27-12-7-8-15-32(27)40-33;22-21-24-19(16-10-5-2-6-11-16)23-20(25-21)18-13-7-12-17(14-18)15-8-3-1-4-9-15/h1-31H;5-21H,1-4H3;1-14H. The third-order valence-electron chi connectivity index (χ3n) is 23.7. The summed E-state index contributed by atoms with van der Waals surface area (Å²) >= 11 is 9.85. The van der Waals surface area contributed by atoms with Gasteiger partial charge in [0.15, 0.2) is 29.1 Å². The van der Waals surface area contributed by atoms with E-state index in [4.69, 9.17) is 35.9 Å². The van der Waals surface area contributed by atoms with Crippen molar-refractivity contribution >= 4 is 152 Å². The first-order valence-corrected chi connectivity index (χ1v) is 42.4. The Hall–Kier alpha value is -13.7. The van der Waals surface area contributed by atoms with Crippen LogP contribution in [0.5, 0.6) is 0 Å². The minimum absolute atomic E-state index is 0.189. The quantitative estimate of drug-likeness (QED) is 0.0987. The van der Waals surface area contributed by atoms with Crippen LogP contribution in [-0.2, 0) is 9.31 Å². The predicted octanol–water partition coefficient (Wildman–Crippen LogP) is 29.0. The molecule has 0 spiro atoms. The molecule has 0 N–H and O–H groups in total. The van der Waals surface area contributed by atoms with Gasteiger partial charge in [-0.05, 0) is 209 Å². The molecule has 0 bridgehead atoms. The summed E-state index contributed by atoms with van der Waals surface area (Å²) in [6.07, 6.45) is 0. The molecule has 0 saturated carbocycles. The van der Waals surface area contributed by atoms with E-state index in [0.29, 0.717) is 29.1 Å². The highest BCUT2D eigenvalue weighted by atomic mass is 35.5. The first-order chi connectivity index (χ1) is 58.8. The van der Waals surface area contributed by atoms with Crippen molar-refractivity contribution in [3.05, 3.63) is 381 Å². The van der Waals surface area contributed by atoms with Crippen LogP contribution in [0, 0.1) is 0 Å². The van der Waals surface area contributed by atoms with E-state index in [9.17, 15) is 0 Å². The fourth-order valence-electron chi connectivity index (χ4n) is 17.0. The molecule has 0 unspecified atom stereocenters. The van der Waals surface area contributed by atoms with Crippen molar-refractivity contribution in [2.24, 2.45) is 0 Å². The van der Waals surface area contributed by atoms with Crippen LogP contribution >= 0.6 is 34.3 Å². The Morgan fingerprint density at radius 3 is 1.00 bits per heavy atom. The molecule has 0 radical (unpaired) electrons. The minimum atomic E-state index is -0.435. The van der Waals surface area contributed by atoms with Crippen molar-refractivity contribution < 1.29 is 9.31 Å². The third kappa shape index (κ3) is 13.7. The van der Waals surface area contributed by atoms with E-state index in [1.165, 1.54) is 122 Å². The Labute approximate surface area is 707 Å². The predicted molar refractivity (Wildman–Crippen MR) is 507 cm³/mol. The maximum absolute atomic E-state index is 6.59. The van der Waals surface area contributed by atoms with Crippen LogP contribution in [0.15, 0.2) is 376 Å². The molecule has 4 aromatic heterocycles. The van der Waals surface area contributed by atoms with Gasteiger partial charge in [0.25, 0.3) is 0 Å². The number of aromatic nitrogens is 6. The topological polar surface area (TPSA) is 95.8 Å². The van der Waals surface area contributed by atoms with Crippen LogP contribution in [0.2, 0.25) is 5.28 Å². The van der Waals surface area contributed by atoms with Gasteiger partial charge in [0.1, 0.15) is 0 Å². The average Bonchev–Trinajstić information content (AvgIpc) is 1.13. The van der Waals surface area contributed by atoms with Gasteiger partial charge in [-0.3, -0.25) is 0 Å². The molecule has 120 heavy (non-hydrogen) atoms. The smallest absolute Gasteiger partial charge is 0.399 e. The van der Waals surface area contributed by atoms with Crippen LogP contribution in [-0.4, -0.2) is 48.2 Å².